The van der Waals surface area contributed by atoms with Crippen LogP contribution in [0.25, 0.3) is 0 Å². The summed E-state index contributed by atoms with van der Waals surface area (Å²) in [6, 6.07) is 21.3. The van der Waals surface area contributed by atoms with E-state index in [1.165, 1.54) is 0 Å². The van der Waals surface area contributed by atoms with Crippen LogP contribution in [0, 0.1) is 5.92 Å². The van der Waals surface area contributed by atoms with Gasteiger partial charge in [0.05, 0.1) is 16.6 Å². The van der Waals surface area contributed by atoms with E-state index in [2.05, 4.69) is 23.5 Å². The van der Waals surface area contributed by atoms with Crippen LogP contribution in [-0.2, 0) is 16.4 Å². The Bertz CT molecular complexity index is 1350. The molecule has 6 rings (SSSR count). The van der Waals surface area contributed by atoms with Gasteiger partial charge in [0, 0.05) is 23.2 Å². The summed E-state index contributed by atoms with van der Waals surface area (Å²) in [6.45, 7) is 0.484. The Morgan fingerprint density at radius 2 is 1.78 bits per heavy atom. The van der Waals surface area contributed by atoms with Crippen molar-refractivity contribution in [2.45, 2.75) is 29.7 Å². The number of sulfonamides is 1. The van der Waals surface area contributed by atoms with Gasteiger partial charge in [-0.2, -0.15) is 0 Å². The van der Waals surface area contributed by atoms with Crippen LogP contribution in [0.1, 0.15) is 35.1 Å². The molecule has 3 aromatic rings. The van der Waals surface area contributed by atoms with Gasteiger partial charge in [0.15, 0.2) is 0 Å². The van der Waals surface area contributed by atoms with Crippen molar-refractivity contribution in [1.82, 2.24) is 0 Å². The molecule has 2 aliphatic heterocycles. The van der Waals surface area contributed by atoms with Gasteiger partial charge in [-0.25, -0.2) is 8.42 Å². The van der Waals surface area contributed by atoms with Crippen molar-refractivity contribution in [3.63, 3.8) is 0 Å². The maximum atomic E-state index is 13.6. The molecule has 0 spiro atoms. The fourth-order valence-corrected chi connectivity index (χ4v) is 7.25. The SMILES string of the molecule is O=S(=O)(c1ccc2c(c1)C1C=CCC1C(c1ccccc1Cl)N2)N1CCc2ccccc21. The molecule has 3 atom stereocenters. The third-order valence-corrected chi connectivity index (χ3v) is 9.16. The molecular formula is C26H23ClN2O2S. The van der Waals surface area contributed by atoms with Crippen LogP contribution in [-0.4, -0.2) is 15.0 Å². The highest BCUT2D eigenvalue weighted by Crippen LogP contribution is 2.51. The number of hydrogen-bond acceptors (Lipinski definition) is 3. The van der Waals surface area contributed by atoms with Gasteiger partial charge < -0.3 is 5.32 Å². The molecule has 2 heterocycles. The Balaban J connectivity index is 1.40. The van der Waals surface area contributed by atoms with Gasteiger partial charge in [-0.3, -0.25) is 4.31 Å². The van der Waals surface area contributed by atoms with E-state index < -0.39 is 10.0 Å². The number of rotatable bonds is 3. The van der Waals surface area contributed by atoms with Gasteiger partial charge in [0.1, 0.15) is 0 Å². The van der Waals surface area contributed by atoms with Crippen molar-refractivity contribution in [3.8, 4) is 0 Å². The fourth-order valence-electron chi connectivity index (χ4n) is 5.45. The molecule has 3 unspecified atom stereocenters. The molecule has 0 saturated carbocycles. The predicted molar refractivity (Wildman–Crippen MR) is 129 cm³/mol. The monoisotopic (exact) mass is 462 g/mol. The lowest BCUT2D eigenvalue weighted by molar-refractivity contribution is 0.425. The number of halogens is 1. The standard InChI is InChI=1S/C26H23ClN2O2S/c27-23-10-3-2-7-21(23)26-20-9-5-8-19(20)22-16-18(12-13-24(22)28-26)32(30,31)29-15-14-17-6-1-4-11-25(17)29/h1-8,10-13,16,19-20,26,28H,9,14-15H2. The van der Waals surface area contributed by atoms with Crippen LogP contribution in [0.4, 0.5) is 11.4 Å². The van der Waals surface area contributed by atoms with E-state index in [0.717, 1.165) is 45.9 Å². The number of fused-ring (bicyclic) bond motifs is 4. The van der Waals surface area contributed by atoms with Crippen LogP contribution in [0.2, 0.25) is 5.02 Å². The van der Waals surface area contributed by atoms with E-state index in [-0.39, 0.29) is 12.0 Å². The lowest BCUT2D eigenvalue weighted by atomic mass is 9.77. The lowest BCUT2D eigenvalue weighted by Gasteiger charge is -2.38. The molecule has 0 fully saturated rings. The first-order valence-electron chi connectivity index (χ1n) is 11.0. The molecule has 1 aliphatic carbocycles. The van der Waals surface area contributed by atoms with Crippen molar-refractivity contribution in [2.24, 2.45) is 5.92 Å². The number of nitrogens with zero attached hydrogens (tertiary/aromatic N) is 1. The largest absolute Gasteiger partial charge is 0.378 e. The van der Waals surface area contributed by atoms with Gasteiger partial charge in [0.2, 0.25) is 0 Å². The lowest BCUT2D eigenvalue weighted by Crippen LogP contribution is -2.31. The second-order valence-corrected chi connectivity index (χ2v) is 11.0. The number of anilines is 2. The van der Waals surface area contributed by atoms with Crippen molar-refractivity contribution < 1.29 is 8.42 Å². The van der Waals surface area contributed by atoms with E-state index in [1.54, 1.807) is 10.4 Å². The van der Waals surface area contributed by atoms with Gasteiger partial charge in [-0.1, -0.05) is 60.2 Å². The fraction of sp³-hybridized carbons (Fsp3) is 0.231. The second-order valence-electron chi connectivity index (χ2n) is 8.70. The third kappa shape index (κ3) is 2.99. The molecule has 4 nitrogen and oxygen atoms in total. The Hall–Kier alpha value is -2.76. The first-order chi connectivity index (χ1) is 15.5. The second kappa shape index (κ2) is 7.39. The summed E-state index contributed by atoms with van der Waals surface area (Å²) in [5.74, 6) is 0.460. The van der Waals surface area contributed by atoms with Crippen molar-refractivity contribution in [2.75, 3.05) is 16.2 Å². The third-order valence-electron chi connectivity index (χ3n) is 7.01. The first kappa shape index (κ1) is 19.9. The molecule has 0 saturated heterocycles. The highest BCUT2D eigenvalue weighted by atomic mass is 35.5. The molecule has 32 heavy (non-hydrogen) atoms. The smallest absolute Gasteiger partial charge is 0.264 e. The summed E-state index contributed by atoms with van der Waals surface area (Å²) >= 11 is 6.53. The topological polar surface area (TPSA) is 49.4 Å². The molecule has 162 valence electrons. The number of para-hydroxylation sites is 1. The van der Waals surface area contributed by atoms with E-state index in [1.807, 2.05) is 54.6 Å². The Morgan fingerprint density at radius 3 is 2.66 bits per heavy atom. The normalized spacial score (nSPS) is 23.4. The summed E-state index contributed by atoms with van der Waals surface area (Å²) in [7, 11) is -3.63. The van der Waals surface area contributed by atoms with Crippen LogP contribution in [0.15, 0.2) is 83.8 Å². The summed E-state index contributed by atoms with van der Waals surface area (Å²) in [6.07, 6.45) is 6.10. The molecule has 6 heteroatoms. The Kier molecular flexibility index (Phi) is 4.60. The first-order valence-corrected chi connectivity index (χ1v) is 12.8. The predicted octanol–water partition coefficient (Wildman–Crippen LogP) is 5.92. The summed E-state index contributed by atoms with van der Waals surface area (Å²) in [5.41, 5.74) is 4.98. The molecule has 3 aromatic carbocycles. The molecule has 0 amide bonds. The number of nitrogens with one attached hydrogen (secondary N) is 1. The van der Waals surface area contributed by atoms with Crippen molar-refractivity contribution >= 4 is 33.0 Å². The number of allylic oxidation sites excluding steroid dienone is 2. The average molecular weight is 463 g/mol. The quantitative estimate of drug-likeness (QED) is 0.491. The highest BCUT2D eigenvalue weighted by molar-refractivity contribution is 7.92. The molecule has 0 bridgehead atoms. The zero-order valence-corrected chi connectivity index (χ0v) is 19.0. The number of benzene rings is 3. The van der Waals surface area contributed by atoms with Gasteiger partial charge >= 0.3 is 0 Å². The molecule has 1 N–H and O–H groups in total. The zero-order chi connectivity index (χ0) is 21.9. The maximum Gasteiger partial charge on any atom is 0.264 e. The molecule has 3 aliphatic rings. The summed E-state index contributed by atoms with van der Waals surface area (Å²) in [5, 5.41) is 4.41. The molecule has 0 radical (unpaired) electrons. The van der Waals surface area contributed by atoms with E-state index in [0.29, 0.717) is 17.4 Å². The van der Waals surface area contributed by atoms with Crippen LogP contribution in [0.5, 0.6) is 0 Å². The van der Waals surface area contributed by atoms with Crippen LogP contribution in [0.3, 0.4) is 0 Å². The minimum Gasteiger partial charge on any atom is -0.378 e. The Labute approximate surface area is 193 Å². The molecule has 0 aromatic heterocycles. The average Bonchev–Trinajstić information content (AvgIpc) is 3.46. The summed E-state index contributed by atoms with van der Waals surface area (Å²) in [4.78, 5) is 0.352. The minimum atomic E-state index is -3.63. The van der Waals surface area contributed by atoms with E-state index >= 15 is 0 Å². The van der Waals surface area contributed by atoms with Crippen molar-refractivity contribution in [1.29, 1.82) is 0 Å². The summed E-state index contributed by atoms with van der Waals surface area (Å²) < 4.78 is 28.7. The van der Waals surface area contributed by atoms with Gasteiger partial charge in [-0.05, 0) is 65.8 Å². The van der Waals surface area contributed by atoms with Crippen LogP contribution < -0.4 is 9.62 Å². The van der Waals surface area contributed by atoms with Gasteiger partial charge in [-0.15, -0.1) is 0 Å². The van der Waals surface area contributed by atoms with E-state index in [4.69, 9.17) is 11.6 Å². The Morgan fingerprint density at radius 1 is 0.969 bits per heavy atom. The minimum absolute atomic E-state index is 0.0871. The van der Waals surface area contributed by atoms with Crippen molar-refractivity contribution in [3.05, 3.63) is 101 Å². The zero-order valence-electron chi connectivity index (χ0n) is 17.4. The van der Waals surface area contributed by atoms with E-state index in [9.17, 15) is 8.42 Å². The highest BCUT2D eigenvalue weighted by Gasteiger charge is 2.40. The van der Waals surface area contributed by atoms with Crippen LogP contribution >= 0.6 is 11.6 Å². The van der Waals surface area contributed by atoms with Gasteiger partial charge in [0.25, 0.3) is 10.0 Å². The number of hydrogen-bond donors (Lipinski definition) is 1. The maximum absolute atomic E-state index is 13.6. The molecular weight excluding hydrogens is 440 g/mol.